The lowest BCUT2D eigenvalue weighted by atomic mass is 9.75. The maximum absolute atomic E-state index is 5.72. The van der Waals surface area contributed by atoms with Gasteiger partial charge in [0.1, 0.15) is 5.75 Å². The Hall–Kier alpha value is -1.68. The van der Waals surface area contributed by atoms with Gasteiger partial charge in [-0.3, -0.25) is 0 Å². The fraction of sp³-hybridized carbons (Fsp3) is 0.677. The molecule has 0 N–H and O–H groups in total. The Labute approximate surface area is 198 Å². The van der Waals surface area contributed by atoms with E-state index in [1.165, 1.54) is 77.0 Å². The van der Waals surface area contributed by atoms with E-state index in [0.29, 0.717) is 0 Å². The maximum Gasteiger partial charge on any atom is 0.119 e. The second kappa shape index (κ2) is 14.5. The SMILES string of the molecule is CCCCOc1ccc(C#CC=C[C@H]2CC[C@H](CC[C@H]3CC[C@H](CCC)CC3)CC2)cc1. The molecule has 0 heterocycles. The molecule has 32 heavy (non-hydrogen) atoms. The first-order valence-electron chi connectivity index (χ1n) is 13.7. The molecule has 1 aromatic carbocycles. The fourth-order valence-electron chi connectivity index (χ4n) is 5.64. The summed E-state index contributed by atoms with van der Waals surface area (Å²) in [5.74, 6) is 11.2. The van der Waals surface area contributed by atoms with Crippen LogP contribution in [0.4, 0.5) is 0 Å². The van der Waals surface area contributed by atoms with Gasteiger partial charge >= 0.3 is 0 Å². The Kier molecular flexibility index (Phi) is 11.3. The first kappa shape index (κ1) is 25.0. The van der Waals surface area contributed by atoms with Gasteiger partial charge in [0.15, 0.2) is 0 Å². The van der Waals surface area contributed by atoms with Gasteiger partial charge in [-0.25, -0.2) is 0 Å². The largest absolute Gasteiger partial charge is 0.494 e. The van der Waals surface area contributed by atoms with E-state index in [2.05, 4.69) is 50.0 Å². The third kappa shape index (κ3) is 9.05. The van der Waals surface area contributed by atoms with Crippen molar-refractivity contribution < 1.29 is 4.74 Å². The van der Waals surface area contributed by atoms with Crippen molar-refractivity contribution in [2.45, 2.75) is 104 Å². The quantitative estimate of drug-likeness (QED) is 0.264. The van der Waals surface area contributed by atoms with E-state index in [0.717, 1.165) is 54.4 Å². The number of hydrogen-bond acceptors (Lipinski definition) is 1. The molecule has 0 amide bonds. The Morgan fingerprint density at radius 2 is 1.38 bits per heavy atom. The van der Waals surface area contributed by atoms with Crippen LogP contribution < -0.4 is 4.74 Å². The summed E-state index contributed by atoms with van der Waals surface area (Å²) in [5.41, 5.74) is 1.06. The van der Waals surface area contributed by atoms with Crippen LogP contribution >= 0.6 is 0 Å². The number of ether oxygens (including phenoxy) is 1. The van der Waals surface area contributed by atoms with Gasteiger partial charge in [0, 0.05) is 5.56 Å². The monoisotopic (exact) mass is 434 g/mol. The summed E-state index contributed by atoms with van der Waals surface area (Å²) in [5, 5.41) is 0. The second-order valence-electron chi connectivity index (χ2n) is 10.4. The first-order chi connectivity index (χ1) is 15.8. The van der Waals surface area contributed by atoms with E-state index < -0.39 is 0 Å². The van der Waals surface area contributed by atoms with Crippen molar-refractivity contribution in [1.29, 1.82) is 0 Å². The van der Waals surface area contributed by atoms with Gasteiger partial charge < -0.3 is 4.74 Å². The van der Waals surface area contributed by atoms with Crippen molar-refractivity contribution in [3.63, 3.8) is 0 Å². The van der Waals surface area contributed by atoms with Gasteiger partial charge in [-0.15, -0.1) is 0 Å². The van der Waals surface area contributed by atoms with Crippen molar-refractivity contribution >= 4 is 0 Å². The van der Waals surface area contributed by atoms with E-state index >= 15 is 0 Å². The molecule has 1 nitrogen and oxygen atoms in total. The maximum atomic E-state index is 5.72. The molecule has 1 aromatic rings. The second-order valence-corrected chi connectivity index (χ2v) is 10.4. The molecule has 0 aliphatic heterocycles. The number of unbranched alkanes of at least 4 members (excludes halogenated alkanes) is 1. The standard InChI is InChI=1S/C31H46O/c1-3-5-25-32-31-23-21-28(22-24-31)10-7-6-9-27-13-17-30(18-14-27)20-19-29-15-11-26(8-4-2)12-16-29/h6,9,21-24,26-27,29-30H,3-5,8,11-20,25H2,1-2H3/t26-,27-,29-,30-. The minimum absolute atomic E-state index is 0.736. The average molecular weight is 435 g/mol. The molecule has 2 aliphatic rings. The lowest BCUT2D eigenvalue weighted by molar-refractivity contribution is 0.221. The Balaban J connectivity index is 1.30. The molecule has 0 bridgehead atoms. The first-order valence-corrected chi connectivity index (χ1v) is 13.7. The van der Waals surface area contributed by atoms with Gasteiger partial charge in [-0.2, -0.15) is 0 Å². The summed E-state index contributed by atoms with van der Waals surface area (Å²) < 4.78 is 5.72. The van der Waals surface area contributed by atoms with Crippen molar-refractivity contribution in [3.8, 4) is 17.6 Å². The average Bonchev–Trinajstić information content (AvgIpc) is 2.83. The van der Waals surface area contributed by atoms with Crippen molar-refractivity contribution in [1.82, 2.24) is 0 Å². The molecule has 1 heteroatoms. The lowest BCUT2D eigenvalue weighted by Crippen LogP contribution is -2.17. The molecule has 2 saturated carbocycles. The molecule has 0 radical (unpaired) electrons. The normalized spacial score (nSPS) is 25.9. The number of rotatable bonds is 10. The van der Waals surface area contributed by atoms with E-state index in [4.69, 9.17) is 4.74 Å². The lowest BCUT2D eigenvalue weighted by Gasteiger charge is -2.31. The Morgan fingerprint density at radius 3 is 1.97 bits per heavy atom. The number of allylic oxidation sites excluding steroid dienone is 2. The minimum Gasteiger partial charge on any atom is -0.494 e. The molecule has 176 valence electrons. The molecule has 0 unspecified atom stereocenters. The van der Waals surface area contributed by atoms with Gasteiger partial charge in [-0.1, -0.05) is 89.6 Å². The van der Waals surface area contributed by atoms with Crippen LogP contribution in [0.15, 0.2) is 36.4 Å². The van der Waals surface area contributed by atoms with Crippen LogP contribution in [0.1, 0.15) is 109 Å². The van der Waals surface area contributed by atoms with Crippen LogP contribution in [0.3, 0.4) is 0 Å². The molecular weight excluding hydrogens is 388 g/mol. The Morgan fingerprint density at radius 1 is 0.781 bits per heavy atom. The number of benzene rings is 1. The molecular formula is C31H46O. The van der Waals surface area contributed by atoms with Crippen molar-refractivity contribution in [2.24, 2.45) is 23.7 Å². The third-order valence-electron chi connectivity index (χ3n) is 7.83. The molecule has 3 rings (SSSR count). The van der Waals surface area contributed by atoms with Crippen LogP contribution in [0.5, 0.6) is 5.75 Å². The van der Waals surface area contributed by atoms with E-state index in [1.54, 1.807) is 0 Å². The molecule has 2 fully saturated rings. The van der Waals surface area contributed by atoms with Gasteiger partial charge in [0.2, 0.25) is 0 Å². The van der Waals surface area contributed by atoms with Crippen LogP contribution in [-0.4, -0.2) is 6.61 Å². The zero-order valence-electron chi connectivity index (χ0n) is 20.8. The van der Waals surface area contributed by atoms with E-state index in [9.17, 15) is 0 Å². The minimum atomic E-state index is 0.736. The smallest absolute Gasteiger partial charge is 0.119 e. The highest BCUT2D eigenvalue weighted by atomic mass is 16.5. The summed E-state index contributed by atoms with van der Waals surface area (Å²) in [4.78, 5) is 0. The van der Waals surface area contributed by atoms with Gasteiger partial charge in [0.05, 0.1) is 6.61 Å². The van der Waals surface area contributed by atoms with E-state index in [-0.39, 0.29) is 0 Å². The molecule has 0 spiro atoms. The highest BCUT2D eigenvalue weighted by molar-refractivity contribution is 5.40. The van der Waals surface area contributed by atoms with Gasteiger partial charge in [-0.05, 0) is 86.1 Å². The summed E-state index contributed by atoms with van der Waals surface area (Å²) in [6.45, 7) is 5.32. The molecule has 2 aliphatic carbocycles. The van der Waals surface area contributed by atoms with Crippen molar-refractivity contribution in [3.05, 3.63) is 42.0 Å². The zero-order valence-corrected chi connectivity index (χ0v) is 20.8. The highest BCUT2D eigenvalue weighted by Crippen LogP contribution is 2.37. The predicted molar refractivity (Wildman–Crippen MR) is 138 cm³/mol. The topological polar surface area (TPSA) is 9.23 Å². The Bertz CT molecular complexity index is 703. The number of hydrogen-bond donors (Lipinski definition) is 0. The van der Waals surface area contributed by atoms with Crippen LogP contribution in [-0.2, 0) is 0 Å². The predicted octanol–water partition coefficient (Wildman–Crippen LogP) is 8.97. The molecule has 0 aromatic heterocycles. The molecule has 0 saturated heterocycles. The summed E-state index contributed by atoms with van der Waals surface area (Å²) in [6, 6.07) is 8.18. The highest BCUT2D eigenvalue weighted by Gasteiger charge is 2.23. The summed E-state index contributed by atoms with van der Waals surface area (Å²) in [7, 11) is 0. The molecule has 0 atom stereocenters. The van der Waals surface area contributed by atoms with E-state index in [1.807, 2.05) is 12.1 Å². The summed E-state index contributed by atoms with van der Waals surface area (Å²) in [6.07, 6.45) is 24.1. The van der Waals surface area contributed by atoms with Crippen LogP contribution in [0, 0.1) is 35.5 Å². The summed E-state index contributed by atoms with van der Waals surface area (Å²) >= 11 is 0. The zero-order chi connectivity index (χ0) is 22.4. The van der Waals surface area contributed by atoms with Gasteiger partial charge in [0.25, 0.3) is 0 Å². The van der Waals surface area contributed by atoms with Crippen LogP contribution in [0.2, 0.25) is 0 Å². The van der Waals surface area contributed by atoms with Crippen LogP contribution in [0.25, 0.3) is 0 Å². The van der Waals surface area contributed by atoms with Crippen molar-refractivity contribution in [2.75, 3.05) is 6.61 Å². The third-order valence-corrected chi connectivity index (χ3v) is 7.83. The fourth-order valence-corrected chi connectivity index (χ4v) is 5.64.